The molecule has 0 saturated carbocycles. The van der Waals surface area contributed by atoms with Crippen molar-refractivity contribution in [2.75, 3.05) is 6.26 Å². The normalized spacial score (nSPS) is 21.6. The molecule has 1 heterocycles. The zero-order valence-corrected chi connectivity index (χ0v) is 17.6. The molecule has 2 atom stereocenters. The van der Waals surface area contributed by atoms with Crippen LogP contribution in [0.4, 0.5) is 10.5 Å². The highest BCUT2D eigenvalue weighted by molar-refractivity contribution is 7.86. The van der Waals surface area contributed by atoms with Crippen LogP contribution < -0.4 is 0 Å². The highest BCUT2D eigenvalue weighted by Crippen LogP contribution is 2.35. The predicted octanol–water partition coefficient (Wildman–Crippen LogP) is 3.13. The second kappa shape index (κ2) is 8.37. The van der Waals surface area contributed by atoms with Gasteiger partial charge in [0.1, 0.15) is 17.9 Å². The second-order valence-corrected chi connectivity index (χ2v) is 9.34. The summed E-state index contributed by atoms with van der Waals surface area (Å²) in [6.45, 7) is 6.71. The average Bonchev–Trinajstić information content (AvgIpc) is 2.55. The third-order valence-electron chi connectivity index (χ3n) is 3.91. The molecule has 1 aliphatic carbocycles. The summed E-state index contributed by atoms with van der Waals surface area (Å²) in [5.41, 5.74) is -0.159. The van der Waals surface area contributed by atoms with Gasteiger partial charge in [-0.25, -0.2) is 4.79 Å². The highest BCUT2D eigenvalue weighted by atomic mass is 32.2. The molecule has 1 aromatic heterocycles. The molecule has 0 spiro atoms. The summed E-state index contributed by atoms with van der Waals surface area (Å²) >= 11 is 0. The van der Waals surface area contributed by atoms with Gasteiger partial charge in [0.05, 0.1) is 22.5 Å². The maximum absolute atomic E-state index is 12.2. The lowest BCUT2D eigenvalue weighted by Gasteiger charge is -2.29. The molecule has 29 heavy (non-hydrogen) atoms. The van der Waals surface area contributed by atoms with Gasteiger partial charge in [0.2, 0.25) is 0 Å². The molecule has 158 valence electrons. The molecule has 0 aromatic carbocycles. The SMILES string of the molecule is C[C@H]1CC(c2ccncc2[N+](=O)[O-])=C/C(=N/C(=O)OC(C)(C)C)[C@H]1OS(C)(=O)=O. The van der Waals surface area contributed by atoms with E-state index in [0.29, 0.717) is 11.1 Å². The molecule has 0 bridgehead atoms. The van der Waals surface area contributed by atoms with Crippen molar-refractivity contribution >= 4 is 33.2 Å². The van der Waals surface area contributed by atoms with Gasteiger partial charge >= 0.3 is 6.09 Å². The molecular formula is C18H23N3O7S. The first-order chi connectivity index (χ1) is 13.3. The zero-order valence-electron chi connectivity index (χ0n) is 16.8. The number of allylic oxidation sites excluding steroid dienone is 1. The van der Waals surface area contributed by atoms with Crippen molar-refractivity contribution in [3.63, 3.8) is 0 Å². The summed E-state index contributed by atoms with van der Waals surface area (Å²) in [5, 5.41) is 11.3. The number of nitrogens with zero attached hydrogens (tertiary/aromatic N) is 3. The van der Waals surface area contributed by atoms with Crippen LogP contribution in [0.5, 0.6) is 0 Å². The van der Waals surface area contributed by atoms with E-state index in [-0.39, 0.29) is 17.8 Å². The third kappa shape index (κ3) is 6.43. The van der Waals surface area contributed by atoms with Crippen LogP contribution >= 0.6 is 0 Å². The van der Waals surface area contributed by atoms with Crippen molar-refractivity contribution in [2.45, 2.75) is 45.8 Å². The van der Waals surface area contributed by atoms with Crippen molar-refractivity contribution in [3.05, 3.63) is 40.2 Å². The Morgan fingerprint density at radius 3 is 2.59 bits per heavy atom. The zero-order chi connectivity index (χ0) is 22.0. The fourth-order valence-electron chi connectivity index (χ4n) is 2.87. The fraction of sp³-hybridized carbons (Fsp3) is 0.500. The number of carbonyl (C=O) groups is 1. The van der Waals surface area contributed by atoms with E-state index in [1.165, 1.54) is 18.3 Å². The van der Waals surface area contributed by atoms with Crippen molar-refractivity contribution in [1.29, 1.82) is 0 Å². The number of hydrogen-bond acceptors (Lipinski definition) is 8. The number of carbonyl (C=O) groups excluding carboxylic acids is 1. The number of amides is 1. The Labute approximate surface area is 168 Å². The molecule has 1 aromatic rings. The minimum absolute atomic E-state index is 0.0181. The average molecular weight is 425 g/mol. The van der Waals surface area contributed by atoms with Gasteiger partial charge in [-0.3, -0.25) is 19.3 Å². The van der Waals surface area contributed by atoms with Crippen LogP contribution in [-0.2, 0) is 19.0 Å². The van der Waals surface area contributed by atoms with E-state index in [1.54, 1.807) is 27.7 Å². The van der Waals surface area contributed by atoms with Crippen LogP contribution in [0.15, 0.2) is 29.5 Å². The first-order valence-corrected chi connectivity index (χ1v) is 10.6. The molecule has 11 heteroatoms. The predicted molar refractivity (Wildman–Crippen MR) is 106 cm³/mol. The third-order valence-corrected chi connectivity index (χ3v) is 4.46. The molecule has 0 unspecified atom stereocenters. The van der Waals surface area contributed by atoms with Crippen molar-refractivity contribution < 1.29 is 27.1 Å². The Morgan fingerprint density at radius 1 is 1.38 bits per heavy atom. The van der Waals surface area contributed by atoms with Gasteiger partial charge in [-0.05, 0) is 50.8 Å². The summed E-state index contributed by atoms with van der Waals surface area (Å²) in [6.07, 6.45) is 3.21. The van der Waals surface area contributed by atoms with Gasteiger partial charge in [-0.1, -0.05) is 6.92 Å². The Bertz CT molecular complexity index is 977. The number of hydrogen-bond donors (Lipinski definition) is 0. The van der Waals surface area contributed by atoms with Crippen molar-refractivity contribution in [3.8, 4) is 0 Å². The molecule has 10 nitrogen and oxygen atoms in total. The maximum Gasteiger partial charge on any atom is 0.434 e. The van der Waals surface area contributed by atoms with Crippen molar-refractivity contribution in [2.24, 2.45) is 10.9 Å². The van der Waals surface area contributed by atoms with E-state index in [4.69, 9.17) is 8.92 Å². The number of aliphatic imine (C=N–C) groups is 1. The largest absolute Gasteiger partial charge is 0.442 e. The standard InChI is InChI=1S/C18H23N3O7S/c1-11-8-12(13-6-7-19-10-15(13)21(23)24)9-14(16(11)28-29(5,25)26)20-17(22)27-18(2,3)4/h6-7,9-11,16H,8H2,1-5H3/b20-14-/t11-,16-/m0/s1. The van der Waals surface area contributed by atoms with E-state index < -0.39 is 38.8 Å². The van der Waals surface area contributed by atoms with Crippen LogP contribution in [0, 0.1) is 16.0 Å². The lowest BCUT2D eigenvalue weighted by atomic mass is 9.83. The molecule has 0 N–H and O–H groups in total. The number of rotatable bonds is 4. The summed E-state index contributed by atoms with van der Waals surface area (Å²) in [5.74, 6) is -0.432. The van der Waals surface area contributed by atoms with Gasteiger partial charge in [-0.15, -0.1) is 0 Å². The quantitative estimate of drug-likeness (QED) is 0.407. The van der Waals surface area contributed by atoms with Crippen LogP contribution in [0.3, 0.4) is 0 Å². The molecule has 1 amide bonds. The highest BCUT2D eigenvalue weighted by Gasteiger charge is 2.34. The lowest BCUT2D eigenvalue weighted by molar-refractivity contribution is -0.385. The topological polar surface area (TPSA) is 138 Å². The molecule has 0 saturated heterocycles. The summed E-state index contributed by atoms with van der Waals surface area (Å²) in [7, 11) is -3.84. The molecule has 1 aliphatic rings. The smallest absolute Gasteiger partial charge is 0.434 e. The molecule has 0 fully saturated rings. The van der Waals surface area contributed by atoms with E-state index in [1.807, 2.05) is 0 Å². The van der Waals surface area contributed by atoms with Gasteiger partial charge in [0.15, 0.2) is 0 Å². The van der Waals surface area contributed by atoms with E-state index in [2.05, 4.69) is 9.98 Å². The molecule has 0 radical (unpaired) electrons. The second-order valence-electron chi connectivity index (χ2n) is 7.74. The first kappa shape index (κ1) is 22.6. The Balaban J connectivity index is 2.56. The monoisotopic (exact) mass is 425 g/mol. The van der Waals surface area contributed by atoms with Crippen molar-refractivity contribution in [1.82, 2.24) is 4.98 Å². The minimum atomic E-state index is -3.84. The Morgan fingerprint density at radius 2 is 2.03 bits per heavy atom. The summed E-state index contributed by atoms with van der Waals surface area (Å²) < 4.78 is 33.7. The Hall–Kier alpha value is -2.66. The van der Waals surface area contributed by atoms with Gasteiger partial charge in [0.25, 0.3) is 15.8 Å². The van der Waals surface area contributed by atoms with E-state index in [0.717, 1.165) is 12.5 Å². The Kier molecular flexibility index (Phi) is 6.53. The van der Waals surface area contributed by atoms with Crippen LogP contribution in [0.1, 0.15) is 39.7 Å². The number of nitro groups is 1. The van der Waals surface area contributed by atoms with Gasteiger partial charge < -0.3 is 4.74 Å². The van der Waals surface area contributed by atoms with Crippen LogP contribution in [-0.4, -0.2) is 48.1 Å². The summed E-state index contributed by atoms with van der Waals surface area (Å²) in [6, 6.07) is 1.49. The maximum atomic E-state index is 12.2. The number of pyridine rings is 1. The lowest BCUT2D eigenvalue weighted by Crippen LogP contribution is -2.36. The molecule has 2 rings (SSSR count). The van der Waals surface area contributed by atoms with Crippen LogP contribution in [0.2, 0.25) is 0 Å². The van der Waals surface area contributed by atoms with E-state index in [9.17, 15) is 23.3 Å². The summed E-state index contributed by atoms with van der Waals surface area (Å²) in [4.78, 5) is 30.7. The minimum Gasteiger partial charge on any atom is -0.442 e. The van der Waals surface area contributed by atoms with E-state index >= 15 is 0 Å². The van der Waals surface area contributed by atoms with Gasteiger partial charge in [0, 0.05) is 6.20 Å². The first-order valence-electron chi connectivity index (χ1n) is 8.76. The fourth-order valence-corrected chi connectivity index (χ4v) is 3.54. The molecular weight excluding hydrogens is 402 g/mol. The number of ether oxygens (including phenoxy) is 1. The van der Waals surface area contributed by atoms with Gasteiger partial charge in [-0.2, -0.15) is 13.4 Å². The van der Waals surface area contributed by atoms with Crippen LogP contribution in [0.25, 0.3) is 5.57 Å². The molecule has 0 aliphatic heterocycles. The number of aromatic nitrogens is 1.